The molecule has 0 saturated heterocycles. The molecule has 3 rings (SSSR count). The minimum atomic E-state index is 0.394. The van der Waals surface area contributed by atoms with Gasteiger partial charge < -0.3 is 26.4 Å². The van der Waals surface area contributed by atoms with Crippen LogP contribution in [0.3, 0.4) is 0 Å². The third-order valence-electron chi connectivity index (χ3n) is 5.40. The smallest absolute Gasteiger partial charge is 0.233 e. The highest BCUT2D eigenvalue weighted by Crippen LogP contribution is 2.28. The van der Waals surface area contributed by atoms with Crippen molar-refractivity contribution in [2.24, 2.45) is 5.73 Å². The van der Waals surface area contributed by atoms with E-state index in [4.69, 9.17) is 22.1 Å². The molecule has 0 radical (unpaired) electrons. The van der Waals surface area contributed by atoms with Crippen LogP contribution in [0.2, 0.25) is 5.02 Å². The van der Waals surface area contributed by atoms with Crippen molar-refractivity contribution in [1.29, 1.82) is 0 Å². The first kappa shape index (κ1) is 23.3. The average molecular weight is 448 g/mol. The lowest BCUT2D eigenvalue weighted by Gasteiger charge is -2.17. The van der Waals surface area contributed by atoms with E-state index in [0.717, 1.165) is 50.9 Å². The predicted molar refractivity (Wildman–Crippen MR) is 128 cm³/mol. The highest BCUT2D eigenvalue weighted by atomic mass is 35.5. The van der Waals surface area contributed by atoms with Crippen molar-refractivity contribution in [3.8, 4) is 5.75 Å². The Morgan fingerprint density at radius 3 is 2.45 bits per heavy atom. The van der Waals surface area contributed by atoms with Gasteiger partial charge in [0.1, 0.15) is 5.75 Å². The number of methoxy groups -OCH3 is 1. The highest BCUT2D eigenvalue weighted by Gasteiger charge is 2.15. The average Bonchev–Trinajstić information content (AvgIpc) is 3.02. The molecular formula is C22H34ClN7O. The van der Waals surface area contributed by atoms with E-state index in [1.54, 1.807) is 13.2 Å². The maximum absolute atomic E-state index is 6.26. The van der Waals surface area contributed by atoms with E-state index in [2.05, 4.69) is 30.9 Å². The molecule has 5 N–H and O–H groups in total. The maximum Gasteiger partial charge on any atom is 0.233 e. The quantitative estimate of drug-likeness (QED) is 0.283. The molecular weight excluding hydrogens is 414 g/mol. The van der Waals surface area contributed by atoms with Gasteiger partial charge in [-0.2, -0.15) is 15.0 Å². The molecule has 0 atom stereocenters. The second-order valence-electron chi connectivity index (χ2n) is 7.89. The molecule has 1 heterocycles. The van der Waals surface area contributed by atoms with Crippen LogP contribution in [0.15, 0.2) is 18.2 Å². The Bertz CT molecular complexity index is 812. The number of nitrogens with one attached hydrogen (secondary N) is 3. The molecule has 1 aliphatic carbocycles. The molecule has 1 aromatic heterocycles. The molecule has 9 heteroatoms. The summed E-state index contributed by atoms with van der Waals surface area (Å²) in [4.78, 5) is 13.8. The molecule has 0 unspecified atom stereocenters. The molecule has 31 heavy (non-hydrogen) atoms. The van der Waals surface area contributed by atoms with Crippen LogP contribution >= 0.6 is 11.6 Å². The van der Waals surface area contributed by atoms with Crippen LogP contribution in [0, 0.1) is 0 Å². The largest absolute Gasteiger partial charge is 0.495 e. The number of hydrogen-bond acceptors (Lipinski definition) is 8. The van der Waals surface area contributed by atoms with Gasteiger partial charge in [-0.1, -0.05) is 43.7 Å². The van der Waals surface area contributed by atoms with Crippen molar-refractivity contribution < 1.29 is 4.74 Å². The molecule has 0 bridgehead atoms. The summed E-state index contributed by atoms with van der Waals surface area (Å²) in [7, 11) is 1.59. The summed E-state index contributed by atoms with van der Waals surface area (Å²) < 4.78 is 5.23. The van der Waals surface area contributed by atoms with Crippen molar-refractivity contribution in [3.63, 3.8) is 0 Å². The van der Waals surface area contributed by atoms with Gasteiger partial charge in [0, 0.05) is 18.3 Å². The molecule has 0 aliphatic heterocycles. The third-order valence-corrected chi connectivity index (χ3v) is 5.69. The van der Waals surface area contributed by atoms with E-state index in [9.17, 15) is 0 Å². The van der Waals surface area contributed by atoms with E-state index < -0.39 is 0 Å². The van der Waals surface area contributed by atoms with Gasteiger partial charge in [0.2, 0.25) is 17.8 Å². The number of halogens is 1. The summed E-state index contributed by atoms with van der Waals surface area (Å²) in [5.41, 5.74) is 6.36. The standard InChI is InChI=1S/C22H34ClN7O/c1-31-19-12-11-17(15-18(19)23)27-22-29-20(25-14-8-4-7-13-24)28-21(30-22)26-16-9-5-2-3-6-10-16/h11-12,15-16H,2-10,13-14,24H2,1H3,(H3,25,26,27,28,29,30). The number of nitrogens with zero attached hydrogens (tertiary/aromatic N) is 3. The van der Waals surface area contributed by atoms with Crippen molar-refractivity contribution in [3.05, 3.63) is 23.2 Å². The van der Waals surface area contributed by atoms with Gasteiger partial charge in [-0.05, 0) is 50.4 Å². The second-order valence-corrected chi connectivity index (χ2v) is 8.30. The number of hydrogen-bond donors (Lipinski definition) is 4. The number of unbranched alkanes of at least 4 members (excludes halogenated alkanes) is 2. The van der Waals surface area contributed by atoms with Gasteiger partial charge >= 0.3 is 0 Å². The summed E-state index contributed by atoms with van der Waals surface area (Å²) >= 11 is 6.26. The zero-order valence-corrected chi connectivity index (χ0v) is 19.0. The number of nitrogens with two attached hydrogens (primary N) is 1. The molecule has 0 spiro atoms. The van der Waals surface area contributed by atoms with E-state index in [1.165, 1.54) is 25.7 Å². The Balaban J connectivity index is 1.73. The van der Waals surface area contributed by atoms with Crippen LogP contribution in [0.5, 0.6) is 5.75 Å². The molecule has 8 nitrogen and oxygen atoms in total. The van der Waals surface area contributed by atoms with Crippen molar-refractivity contribution in [2.75, 3.05) is 36.1 Å². The summed E-state index contributed by atoms with van der Waals surface area (Å²) in [6.07, 6.45) is 10.5. The third kappa shape index (κ3) is 7.70. The van der Waals surface area contributed by atoms with Crippen molar-refractivity contribution in [1.82, 2.24) is 15.0 Å². The number of aromatic nitrogens is 3. The van der Waals surface area contributed by atoms with Crippen LogP contribution in [0.4, 0.5) is 23.5 Å². The molecule has 1 aliphatic rings. The summed E-state index contributed by atoms with van der Waals surface area (Å²) in [5.74, 6) is 2.24. The molecule has 2 aromatic rings. The zero-order chi connectivity index (χ0) is 21.9. The zero-order valence-electron chi connectivity index (χ0n) is 18.3. The number of ether oxygens (including phenoxy) is 1. The monoisotopic (exact) mass is 447 g/mol. The fourth-order valence-corrected chi connectivity index (χ4v) is 3.96. The fraction of sp³-hybridized carbons (Fsp3) is 0.591. The Morgan fingerprint density at radius 1 is 1.00 bits per heavy atom. The van der Waals surface area contributed by atoms with Gasteiger partial charge in [0.25, 0.3) is 0 Å². The minimum absolute atomic E-state index is 0.394. The Kier molecular flexibility index (Phi) is 9.42. The summed E-state index contributed by atoms with van der Waals surface area (Å²) in [5, 5.41) is 10.6. The lowest BCUT2D eigenvalue weighted by molar-refractivity contribution is 0.415. The van der Waals surface area contributed by atoms with Gasteiger partial charge in [0.15, 0.2) is 0 Å². The van der Waals surface area contributed by atoms with E-state index in [1.807, 2.05) is 12.1 Å². The molecule has 1 fully saturated rings. The second kappa shape index (κ2) is 12.5. The summed E-state index contributed by atoms with van der Waals surface area (Å²) in [6, 6.07) is 5.88. The number of rotatable bonds is 11. The topological polar surface area (TPSA) is 110 Å². The normalized spacial score (nSPS) is 14.7. The van der Waals surface area contributed by atoms with E-state index >= 15 is 0 Å². The minimum Gasteiger partial charge on any atom is -0.495 e. The van der Waals surface area contributed by atoms with Crippen LogP contribution in [0.25, 0.3) is 0 Å². The van der Waals surface area contributed by atoms with E-state index in [0.29, 0.717) is 34.7 Å². The van der Waals surface area contributed by atoms with Gasteiger partial charge in [-0.15, -0.1) is 0 Å². The maximum atomic E-state index is 6.26. The van der Waals surface area contributed by atoms with Crippen LogP contribution in [-0.4, -0.2) is 41.2 Å². The highest BCUT2D eigenvalue weighted by molar-refractivity contribution is 6.32. The van der Waals surface area contributed by atoms with Crippen molar-refractivity contribution in [2.45, 2.75) is 63.8 Å². The Morgan fingerprint density at radius 2 is 1.74 bits per heavy atom. The van der Waals surface area contributed by atoms with Gasteiger partial charge in [0.05, 0.1) is 12.1 Å². The SMILES string of the molecule is COc1ccc(Nc2nc(NCCCCCN)nc(NC3CCCCCC3)n2)cc1Cl. The number of benzene rings is 1. The predicted octanol–water partition coefficient (Wildman–Crippen LogP) is 4.95. The Hall–Kier alpha value is -2.32. The molecule has 1 saturated carbocycles. The van der Waals surface area contributed by atoms with E-state index in [-0.39, 0.29) is 0 Å². The fourth-order valence-electron chi connectivity index (χ4n) is 3.70. The molecule has 170 valence electrons. The molecule has 0 amide bonds. The van der Waals surface area contributed by atoms with Gasteiger partial charge in [-0.25, -0.2) is 0 Å². The first-order valence-corrected chi connectivity index (χ1v) is 11.6. The van der Waals surface area contributed by atoms with Gasteiger partial charge in [-0.3, -0.25) is 0 Å². The van der Waals surface area contributed by atoms with Crippen LogP contribution in [0.1, 0.15) is 57.8 Å². The summed E-state index contributed by atoms with van der Waals surface area (Å²) in [6.45, 7) is 1.51. The van der Waals surface area contributed by atoms with Crippen LogP contribution < -0.4 is 26.4 Å². The first-order chi connectivity index (χ1) is 15.2. The first-order valence-electron chi connectivity index (χ1n) is 11.2. The van der Waals surface area contributed by atoms with Crippen LogP contribution in [-0.2, 0) is 0 Å². The lowest BCUT2D eigenvalue weighted by atomic mass is 10.1. The Labute approximate surface area is 189 Å². The lowest BCUT2D eigenvalue weighted by Crippen LogP contribution is -2.21. The molecule has 1 aromatic carbocycles. The van der Waals surface area contributed by atoms with Crippen molar-refractivity contribution >= 4 is 35.1 Å². The number of anilines is 4.